The zero-order valence-corrected chi connectivity index (χ0v) is 30.1. The van der Waals surface area contributed by atoms with Gasteiger partial charge < -0.3 is 4.74 Å². The largest absolute Gasteiger partial charge is 0.465 e. The van der Waals surface area contributed by atoms with Gasteiger partial charge in [0.2, 0.25) is 0 Å². The minimum absolute atomic E-state index is 0.0469. The molecule has 0 bridgehead atoms. The van der Waals surface area contributed by atoms with Gasteiger partial charge in [0.25, 0.3) is 0 Å². The molecule has 0 aliphatic carbocycles. The van der Waals surface area contributed by atoms with Crippen molar-refractivity contribution < 1.29 is 9.53 Å². The minimum Gasteiger partial charge on any atom is -0.465 e. The van der Waals surface area contributed by atoms with Crippen LogP contribution in [0.25, 0.3) is 0 Å². The van der Waals surface area contributed by atoms with E-state index in [0.29, 0.717) is 18.9 Å². The first-order valence-corrected chi connectivity index (χ1v) is 20.0. The van der Waals surface area contributed by atoms with Gasteiger partial charge in [-0.3, -0.25) is 4.79 Å². The summed E-state index contributed by atoms with van der Waals surface area (Å²) in [6.45, 7) is 7.53. The molecule has 2 heteroatoms. The minimum atomic E-state index is 0.0469. The maximum absolute atomic E-state index is 12.5. The average Bonchev–Trinajstić information content (AvgIpc) is 3.01. The molecule has 0 rings (SSSR count). The van der Waals surface area contributed by atoms with Crippen molar-refractivity contribution in [3.05, 3.63) is 12.2 Å². The third-order valence-electron chi connectivity index (χ3n) is 9.30. The maximum Gasteiger partial charge on any atom is 0.305 e. The van der Waals surface area contributed by atoms with Gasteiger partial charge in [0.05, 0.1) is 6.61 Å². The summed E-state index contributed by atoms with van der Waals surface area (Å²) in [5.74, 6) is 0.619. The van der Waals surface area contributed by atoms with Crippen LogP contribution in [0.2, 0.25) is 0 Å². The second-order valence-corrected chi connectivity index (χ2v) is 13.8. The van der Waals surface area contributed by atoms with E-state index in [0.717, 1.165) is 12.8 Å². The molecule has 0 spiro atoms. The predicted molar refractivity (Wildman–Crippen MR) is 193 cm³/mol. The summed E-state index contributed by atoms with van der Waals surface area (Å²) in [5.41, 5.74) is 0. The fourth-order valence-electron chi connectivity index (χ4n) is 6.24. The monoisotopic (exact) mass is 605 g/mol. The number of esters is 1. The Labute approximate surface area is 272 Å². The Hall–Kier alpha value is -0.790. The van der Waals surface area contributed by atoms with Gasteiger partial charge in [-0.25, -0.2) is 0 Å². The van der Waals surface area contributed by atoms with Crippen molar-refractivity contribution in [2.24, 2.45) is 5.92 Å². The van der Waals surface area contributed by atoms with E-state index in [1.807, 2.05) is 0 Å². The van der Waals surface area contributed by atoms with E-state index in [9.17, 15) is 4.79 Å². The van der Waals surface area contributed by atoms with E-state index in [-0.39, 0.29) is 5.97 Å². The SMILES string of the molecule is CCCCCCCCC=CCCCCCCCC(=O)OCC(CCCCCCCCCC)CCCCCCCCCCC. The smallest absolute Gasteiger partial charge is 0.305 e. The molecule has 0 heterocycles. The number of carbonyl (C=O) groups is 1. The molecular weight excluding hydrogens is 524 g/mol. The van der Waals surface area contributed by atoms with Crippen molar-refractivity contribution in [1.29, 1.82) is 0 Å². The highest BCUT2D eigenvalue weighted by Crippen LogP contribution is 2.21. The quantitative estimate of drug-likeness (QED) is 0.0404. The van der Waals surface area contributed by atoms with E-state index >= 15 is 0 Å². The van der Waals surface area contributed by atoms with E-state index in [2.05, 4.69) is 32.9 Å². The van der Waals surface area contributed by atoms with Crippen molar-refractivity contribution in [3.63, 3.8) is 0 Å². The molecular formula is C41H80O2. The van der Waals surface area contributed by atoms with Gasteiger partial charge in [-0.05, 0) is 50.9 Å². The molecule has 43 heavy (non-hydrogen) atoms. The Morgan fingerprint density at radius 1 is 0.442 bits per heavy atom. The molecule has 0 saturated carbocycles. The van der Waals surface area contributed by atoms with Crippen LogP contribution in [0.1, 0.15) is 233 Å². The second-order valence-electron chi connectivity index (χ2n) is 13.8. The third-order valence-corrected chi connectivity index (χ3v) is 9.30. The van der Waals surface area contributed by atoms with Crippen molar-refractivity contribution >= 4 is 5.97 Å². The van der Waals surface area contributed by atoms with Gasteiger partial charge >= 0.3 is 5.97 Å². The molecule has 0 fully saturated rings. The Morgan fingerprint density at radius 2 is 0.767 bits per heavy atom. The summed E-state index contributed by atoms with van der Waals surface area (Å²) >= 11 is 0. The molecule has 0 amide bonds. The molecule has 256 valence electrons. The molecule has 1 unspecified atom stereocenters. The molecule has 0 aliphatic rings. The molecule has 0 aromatic rings. The molecule has 2 nitrogen and oxygen atoms in total. The van der Waals surface area contributed by atoms with Crippen LogP contribution in [-0.2, 0) is 9.53 Å². The van der Waals surface area contributed by atoms with Crippen LogP contribution in [0.15, 0.2) is 12.2 Å². The number of hydrogen-bond donors (Lipinski definition) is 0. The first-order valence-electron chi connectivity index (χ1n) is 20.0. The molecule has 1 atom stereocenters. The molecule has 0 aromatic heterocycles. The summed E-state index contributed by atoms with van der Waals surface area (Å²) in [5, 5.41) is 0. The highest BCUT2D eigenvalue weighted by atomic mass is 16.5. The lowest BCUT2D eigenvalue weighted by atomic mass is 9.94. The van der Waals surface area contributed by atoms with Crippen molar-refractivity contribution in [3.8, 4) is 0 Å². The highest BCUT2D eigenvalue weighted by molar-refractivity contribution is 5.69. The van der Waals surface area contributed by atoms with Gasteiger partial charge in [0.1, 0.15) is 0 Å². The van der Waals surface area contributed by atoms with Gasteiger partial charge in [0, 0.05) is 6.42 Å². The van der Waals surface area contributed by atoms with Crippen LogP contribution in [0.4, 0.5) is 0 Å². The molecule has 0 N–H and O–H groups in total. The number of carbonyl (C=O) groups excluding carboxylic acids is 1. The molecule has 0 radical (unpaired) electrons. The van der Waals surface area contributed by atoms with Crippen LogP contribution in [0.5, 0.6) is 0 Å². The van der Waals surface area contributed by atoms with Crippen LogP contribution in [0, 0.1) is 5.92 Å². The van der Waals surface area contributed by atoms with Crippen LogP contribution < -0.4 is 0 Å². The topological polar surface area (TPSA) is 26.3 Å². The summed E-state index contributed by atoms with van der Waals surface area (Å²) in [6, 6.07) is 0. The first-order chi connectivity index (χ1) is 21.2. The van der Waals surface area contributed by atoms with Crippen molar-refractivity contribution in [1.82, 2.24) is 0 Å². The van der Waals surface area contributed by atoms with E-state index in [4.69, 9.17) is 4.74 Å². The Morgan fingerprint density at radius 3 is 1.16 bits per heavy atom. The zero-order valence-electron chi connectivity index (χ0n) is 30.1. The normalized spacial score (nSPS) is 12.3. The van der Waals surface area contributed by atoms with Gasteiger partial charge in [-0.2, -0.15) is 0 Å². The highest BCUT2D eigenvalue weighted by Gasteiger charge is 2.12. The second kappa shape index (κ2) is 37.4. The standard InChI is InChI=1S/C41H80O2/c1-4-7-10-13-16-19-20-21-22-23-24-26-29-32-35-38-41(42)43-39-40(36-33-30-27-18-15-12-9-6-3)37-34-31-28-25-17-14-11-8-5-2/h21-22,40H,4-20,23-39H2,1-3H3. The fourth-order valence-corrected chi connectivity index (χ4v) is 6.24. The average molecular weight is 605 g/mol. The molecule has 0 aromatic carbocycles. The Kier molecular flexibility index (Phi) is 36.7. The summed E-state index contributed by atoms with van der Waals surface area (Å²) in [4.78, 5) is 12.5. The zero-order chi connectivity index (χ0) is 31.3. The van der Waals surface area contributed by atoms with E-state index in [1.165, 1.54) is 193 Å². The molecule has 0 saturated heterocycles. The van der Waals surface area contributed by atoms with Gasteiger partial charge in [0.15, 0.2) is 0 Å². The van der Waals surface area contributed by atoms with E-state index in [1.54, 1.807) is 0 Å². The van der Waals surface area contributed by atoms with Crippen LogP contribution in [0.3, 0.4) is 0 Å². The predicted octanol–water partition coefficient (Wildman–Crippen LogP) is 14.6. The van der Waals surface area contributed by atoms with Crippen molar-refractivity contribution in [2.75, 3.05) is 6.61 Å². The first kappa shape index (κ1) is 42.2. The number of ether oxygens (including phenoxy) is 1. The van der Waals surface area contributed by atoms with Crippen LogP contribution in [-0.4, -0.2) is 12.6 Å². The number of unbranched alkanes of at least 4 members (excludes halogenated alkanes) is 26. The van der Waals surface area contributed by atoms with Crippen molar-refractivity contribution in [2.45, 2.75) is 233 Å². The number of hydrogen-bond acceptors (Lipinski definition) is 2. The van der Waals surface area contributed by atoms with Gasteiger partial charge in [-0.15, -0.1) is 0 Å². The fraction of sp³-hybridized carbons (Fsp3) is 0.927. The van der Waals surface area contributed by atoms with Crippen LogP contribution >= 0.6 is 0 Å². The van der Waals surface area contributed by atoms with E-state index < -0.39 is 0 Å². The Balaban J connectivity index is 3.94. The number of rotatable bonds is 36. The lowest BCUT2D eigenvalue weighted by Gasteiger charge is -2.17. The summed E-state index contributed by atoms with van der Waals surface area (Å²) < 4.78 is 5.83. The summed E-state index contributed by atoms with van der Waals surface area (Å²) in [6.07, 6.45) is 48.0. The lowest BCUT2D eigenvalue weighted by molar-refractivity contribution is -0.145. The maximum atomic E-state index is 12.5. The number of allylic oxidation sites excluding steroid dienone is 2. The summed E-state index contributed by atoms with van der Waals surface area (Å²) in [7, 11) is 0. The molecule has 0 aliphatic heterocycles. The lowest BCUT2D eigenvalue weighted by Crippen LogP contribution is -2.14. The van der Waals surface area contributed by atoms with Gasteiger partial charge in [-0.1, -0.05) is 193 Å². The third kappa shape index (κ3) is 35.6. The Bertz CT molecular complexity index is 554.